The minimum Gasteiger partial charge on any atom is -0.481 e. The van der Waals surface area contributed by atoms with Gasteiger partial charge in [-0.25, -0.2) is 4.39 Å². The standard InChI is InChI=1S/C24H23ClFN3O4/c1-13(24(32)29-8-2-3-14(12-29)22(27)30)33-16-5-7-17-19(10-16)23(31)28-11-20(17)18-6-4-15(26)9-21(18)25/h4-7,9-11,13-14H,2-3,8,12H2,1H3,(H2,27,30)(H,28,31)/t13-,14+/m1/s1. The lowest BCUT2D eigenvalue weighted by Gasteiger charge is -2.33. The molecule has 9 heteroatoms. The third kappa shape index (κ3) is 4.71. The van der Waals surface area contributed by atoms with Crippen molar-refractivity contribution in [3.05, 3.63) is 63.8 Å². The summed E-state index contributed by atoms with van der Waals surface area (Å²) in [5, 5.41) is 1.18. The Morgan fingerprint density at radius 2 is 2.00 bits per heavy atom. The summed E-state index contributed by atoms with van der Waals surface area (Å²) in [5.41, 5.74) is 6.27. The van der Waals surface area contributed by atoms with E-state index in [1.165, 1.54) is 18.3 Å². The van der Waals surface area contributed by atoms with Gasteiger partial charge in [-0.2, -0.15) is 0 Å². The van der Waals surface area contributed by atoms with Crippen molar-refractivity contribution in [2.24, 2.45) is 11.7 Å². The highest BCUT2D eigenvalue weighted by Gasteiger charge is 2.30. The fourth-order valence-corrected chi connectivity index (χ4v) is 4.43. The van der Waals surface area contributed by atoms with E-state index in [0.29, 0.717) is 47.0 Å². The highest BCUT2D eigenvalue weighted by Crippen LogP contribution is 2.33. The van der Waals surface area contributed by atoms with Crippen molar-refractivity contribution in [1.82, 2.24) is 9.88 Å². The number of benzene rings is 2. The number of rotatable bonds is 5. The largest absolute Gasteiger partial charge is 0.481 e. The Bertz CT molecular complexity index is 1290. The molecule has 0 spiro atoms. The molecule has 2 aromatic carbocycles. The number of pyridine rings is 1. The van der Waals surface area contributed by atoms with Gasteiger partial charge in [-0.1, -0.05) is 11.6 Å². The average molecular weight is 472 g/mol. The van der Waals surface area contributed by atoms with Crippen LogP contribution in [0.5, 0.6) is 5.75 Å². The van der Waals surface area contributed by atoms with E-state index in [4.69, 9.17) is 22.1 Å². The second-order valence-corrected chi connectivity index (χ2v) is 8.56. The highest BCUT2D eigenvalue weighted by atomic mass is 35.5. The molecule has 4 rings (SSSR count). The summed E-state index contributed by atoms with van der Waals surface area (Å²) < 4.78 is 19.3. The first-order chi connectivity index (χ1) is 15.7. The monoisotopic (exact) mass is 471 g/mol. The van der Waals surface area contributed by atoms with E-state index in [1.807, 2.05) is 0 Å². The maximum atomic E-state index is 13.5. The molecule has 0 aliphatic carbocycles. The number of carbonyl (C=O) groups is 2. The number of halogens is 2. The van der Waals surface area contributed by atoms with Crippen LogP contribution in [0, 0.1) is 11.7 Å². The number of hydrogen-bond acceptors (Lipinski definition) is 4. The normalized spacial score (nSPS) is 17.1. The Hall–Kier alpha value is -3.39. The van der Waals surface area contributed by atoms with Crippen LogP contribution in [0.15, 0.2) is 47.4 Å². The fraction of sp³-hybridized carbons (Fsp3) is 0.292. The number of nitrogens with zero attached hydrogens (tertiary/aromatic N) is 1. The van der Waals surface area contributed by atoms with E-state index in [-0.39, 0.29) is 29.0 Å². The van der Waals surface area contributed by atoms with E-state index in [2.05, 4.69) is 4.98 Å². The Balaban J connectivity index is 1.59. The van der Waals surface area contributed by atoms with Crippen molar-refractivity contribution >= 4 is 34.2 Å². The molecule has 33 heavy (non-hydrogen) atoms. The van der Waals surface area contributed by atoms with Gasteiger partial charge in [-0.05, 0) is 61.5 Å². The molecular formula is C24H23ClFN3O4. The number of ether oxygens (including phenoxy) is 1. The highest BCUT2D eigenvalue weighted by molar-refractivity contribution is 6.33. The van der Waals surface area contributed by atoms with Crippen molar-refractivity contribution < 1.29 is 18.7 Å². The molecule has 0 saturated carbocycles. The topological polar surface area (TPSA) is 105 Å². The van der Waals surface area contributed by atoms with Crippen LogP contribution < -0.4 is 16.0 Å². The van der Waals surface area contributed by atoms with E-state index in [1.54, 1.807) is 36.1 Å². The molecule has 2 heterocycles. The van der Waals surface area contributed by atoms with Crippen LogP contribution in [0.2, 0.25) is 5.02 Å². The third-order valence-corrected chi connectivity index (χ3v) is 6.20. The molecular weight excluding hydrogens is 449 g/mol. The number of piperidine rings is 1. The number of aromatic nitrogens is 1. The molecule has 3 N–H and O–H groups in total. The summed E-state index contributed by atoms with van der Waals surface area (Å²) in [4.78, 5) is 41.1. The first kappa shape index (κ1) is 22.8. The lowest BCUT2D eigenvalue weighted by molar-refractivity contribution is -0.141. The molecule has 1 aliphatic rings. The molecule has 1 saturated heterocycles. The quantitative estimate of drug-likeness (QED) is 0.594. The second kappa shape index (κ2) is 9.23. The lowest BCUT2D eigenvalue weighted by atomic mass is 9.97. The van der Waals surface area contributed by atoms with Crippen LogP contribution in [0.3, 0.4) is 0 Å². The molecule has 0 unspecified atom stereocenters. The summed E-state index contributed by atoms with van der Waals surface area (Å²) in [7, 11) is 0. The van der Waals surface area contributed by atoms with Crippen LogP contribution in [-0.2, 0) is 9.59 Å². The van der Waals surface area contributed by atoms with Crippen LogP contribution in [0.25, 0.3) is 21.9 Å². The van der Waals surface area contributed by atoms with Crippen LogP contribution >= 0.6 is 11.6 Å². The Labute approximate surface area is 194 Å². The summed E-state index contributed by atoms with van der Waals surface area (Å²) in [6, 6.07) is 8.98. The number of amides is 2. The average Bonchev–Trinajstić information content (AvgIpc) is 2.79. The van der Waals surface area contributed by atoms with Gasteiger partial charge in [-0.3, -0.25) is 14.4 Å². The first-order valence-electron chi connectivity index (χ1n) is 10.6. The van der Waals surface area contributed by atoms with Gasteiger partial charge in [-0.15, -0.1) is 0 Å². The van der Waals surface area contributed by atoms with E-state index < -0.39 is 17.8 Å². The minimum absolute atomic E-state index is 0.221. The maximum absolute atomic E-state index is 13.5. The second-order valence-electron chi connectivity index (χ2n) is 8.15. The number of nitrogens with one attached hydrogen (secondary N) is 1. The lowest BCUT2D eigenvalue weighted by Crippen LogP contribution is -2.48. The zero-order chi connectivity index (χ0) is 23.7. The molecule has 2 amide bonds. The summed E-state index contributed by atoms with van der Waals surface area (Å²) in [6.45, 7) is 2.44. The molecule has 172 valence electrons. The zero-order valence-electron chi connectivity index (χ0n) is 17.9. The van der Waals surface area contributed by atoms with Gasteiger partial charge in [0.05, 0.1) is 16.3 Å². The van der Waals surface area contributed by atoms with E-state index in [0.717, 1.165) is 0 Å². The van der Waals surface area contributed by atoms with Gasteiger partial charge >= 0.3 is 0 Å². The molecule has 0 bridgehead atoms. The number of primary amides is 1. The van der Waals surface area contributed by atoms with Crippen molar-refractivity contribution in [3.8, 4) is 16.9 Å². The van der Waals surface area contributed by atoms with Gasteiger partial charge in [0.2, 0.25) is 5.91 Å². The predicted octanol–water partition coefficient (Wildman–Crippen LogP) is 3.48. The van der Waals surface area contributed by atoms with Crippen LogP contribution in [-0.4, -0.2) is 40.9 Å². The number of likely N-dealkylation sites (tertiary alicyclic amines) is 1. The number of nitrogens with two attached hydrogens (primary N) is 1. The van der Waals surface area contributed by atoms with E-state index >= 15 is 0 Å². The molecule has 7 nitrogen and oxygen atoms in total. The SMILES string of the molecule is C[C@@H](Oc1ccc2c(-c3ccc(F)cc3Cl)c[nH]c(=O)c2c1)C(=O)N1CCC[C@H](C(N)=O)C1. The third-order valence-electron chi connectivity index (χ3n) is 5.89. The zero-order valence-corrected chi connectivity index (χ0v) is 18.7. The van der Waals surface area contributed by atoms with Crippen molar-refractivity contribution in [3.63, 3.8) is 0 Å². The molecule has 3 aromatic rings. The van der Waals surface area contributed by atoms with Gasteiger partial charge in [0, 0.05) is 30.4 Å². The Morgan fingerprint density at radius 1 is 1.21 bits per heavy atom. The predicted molar refractivity (Wildman–Crippen MR) is 124 cm³/mol. The number of carbonyl (C=O) groups excluding carboxylic acids is 2. The number of hydrogen-bond donors (Lipinski definition) is 2. The van der Waals surface area contributed by atoms with Gasteiger partial charge < -0.3 is 20.4 Å². The van der Waals surface area contributed by atoms with Crippen LogP contribution in [0.1, 0.15) is 19.8 Å². The van der Waals surface area contributed by atoms with Gasteiger partial charge in [0.25, 0.3) is 11.5 Å². The summed E-state index contributed by atoms with van der Waals surface area (Å²) in [6.07, 6.45) is 2.08. The summed E-state index contributed by atoms with van der Waals surface area (Å²) >= 11 is 6.21. The molecule has 1 aliphatic heterocycles. The number of aromatic amines is 1. The smallest absolute Gasteiger partial charge is 0.263 e. The van der Waals surface area contributed by atoms with Gasteiger partial charge in [0.15, 0.2) is 6.10 Å². The Kier molecular flexibility index (Phi) is 6.37. The number of H-pyrrole nitrogens is 1. The minimum atomic E-state index is -0.817. The maximum Gasteiger partial charge on any atom is 0.263 e. The van der Waals surface area contributed by atoms with Crippen LogP contribution in [0.4, 0.5) is 4.39 Å². The van der Waals surface area contributed by atoms with Crippen molar-refractivity contribution in [1.29, 1.82) is 0 Å². The molecule has 0 radical (unpaired) electrons. The Morgan fingerprint density at radius 3 is 2.73 bits per heavy atom. The van der Waals surface area contributed by atoms with Crippen molar-refractivity contribution in [2.45, 2.75) is 25.9 Å². The molecule has 1 aromatic heterocycles. The summed E-state index contributed by atoms with van der Waals surface area (Å²) in [5.74, 6) is -1.12. The first-order valence-corrected chi connectivity index (χ1v) is 11.0. The molecule has 2 atom stereocenters. The number of fused-ring (bicyclic) bond motifs is 1. The van der Waals surface area contributed by atoms with Gasteiger partial charge in [0.1, 0.15) is 11.6 Å². The molecule has 1 fully saturated rings. The van der Waals surface area contributed by atoms with Crippen molar-refractivity contribution in [2.75, 3.05) is 13.1 Å². The van der Waals surface area contributed by atoms with E-state index in [9.17, 15) is 18.8 Å². The fourth-order valence-electron chi connectivity index (χ4n) is 4.16.